The molecule has 0 N–H and O–H groups in total. The Morgan fingerprint density at radius 3 is 1.88 bits per heavy atom. The fourth-order valence-corrected chi connectivity index (χ4v) is 7.91. The van der Waals surface area contributed by atoms with Crippen molar-refractivity contribution in [2.24, 2.45) is 0 Å². The maximum Gasteiger partial charge on any atom is 0.134 e. The van der Waals surface area contributed by atoms with Crippen LogP contribution in [-0.4, -0.2) is 4.57 Å². The highest BCUT2D eigenvalue weighted by Gasteiger charge is 2.51. The van der Waals surface area contributed by atoms with Gasteiger partial charge in [-0.2, -0.15) is 0 Å². The van der Waals surface area contributed by atoms with Gasteiger partial charge in [0.25, 0.3) is 0 Å². The monoisotopic (exact) mass is 547 g/mol. The van der Waals surface area contributed by atoms with Crippen molar-refractivity contribution in [2.75, 3.05) is 0 Å². The van der Waals surface area contributed by atoms with Gasteiger partial charge in [0.2, 0.25) is 0 Å². The topological polar surface area (TPSA) is 14.2 Å². The van der Waals surface area contributed by atoms with Crippen molar-refractivity contribution in [3.63, 3.8) is 0 Å². The molecule has 8 aromatic rings. The molecule has 2 nitrogen and oxygen atoms in total. The van der Waals surface area contributed by atoms with Gasteiger partial charge in [-0.15, -0.1) is 0 Å². The Kier molecular flexibility index (Phi) is 4.41. The minimum atomic E-state index is -0.474. The number of fused-ring (bicyclic) bond motifs is 13. The highest BCUT2D eigenvalue weighted by atomic mass is 16.5. The highest BCUT2D eigenvalue weighted by Crippen LogP contribution is 2.62. The molecule has 200 valence electrons. The van der Waals surface area contributed by atoms with Gasteiger partial charge < -0.3 is 9.30 Å². The predicted octanol–water partition coefficient (Wildman–Crippen LogP) is 10.4. The lowest BCUT2D eigenvalue weighted by Gasteiger charge is -2.39. The molecule has 0 fully saturated rings. The van der Waals surface area contributed by atoms with Gasteiger partial charge >= 0.3 is 0 Å². The summed E-state index contributed by atoms with van der Waals surface area (Å²) in [6.45, 7) is 0. The predicted molar refractivity (Wildman–Crippen MR) is 176 cm³/mol. The molecule has 0 amide bonds. The lowest BCUT2D eigenvalue weighted by atomic mass is 9.66. The molecule has 0 saturated carbocycles. The van der Waals surface area contributed by atoms with E-state index in [1.165, 1.54) is 60.4 Å². The van der Waals surface area contributed by atoms with Crippen LogP contribution in [0.5, 0.6) is 11.5 Å². The molecule has 1 spiro atoms. The number of benzene rings is 7. The van der Waals surface area contributed by atoms with Gasteiger partial charge in [-0.25, -0.2) is 0 Å². The minimum Gasteiger partial charge on any atom is -0.457 e. The zero-order chi connectivity index (χ0) is 28.1. The van der Waals surface area contributed by atoms with Gasteiger partial charge in [-0.3, -0.25) is 0 Å². The van der Waals surface area contributed by atoms with Gasteiger partial charge in [-0.05, 0) is 63.4 Å². The van der Waals surface area contributed by atoms with Crippen molar-refractivity contribution in [1.82, 2.24) is 4.57 Å². The normalized spacial score (nSPS) is 14.0. The summed E-state index contributed by atoms with van der Waals surface area (Å²) in [5.74, 6) is 1.82. The molecule has 1 aromatic heterocycles. The smallest absolute Gasteiger partial charge is 0.134 e. The minimum absolute atomic E-state index is 0.474. The summed E-state index contributed by atoms with van der Waals surface area (Å²) >= 11 is 0. The van der Waals surface area contributed by atoms with E-state index in [9.17, 15) is 0 Å². The van der Waals surface area contributed by atoms with Gasteiger partial charge in [0.1, 0.15) is 11.5 Å². The van der Waals surface area contributed by atoms with Gasteiger partial charge in [0.05, 0.1) is 16.4 Å². The Morgan fingerprint density at radius 2 is 1.07 bits per heavy atom. The van der Waals surface area contributed by atoms with Crippen molar-refractivity contribution < 1.29 is 4.74 Å². The number of rotatable bonds is 1. The Labute approximate surface area is 249 Å². The first-order valence-corrected chi connectivity index (χ1v) is 14.9. The second-order valence-corrected chi connectivity index (χ2v) is 11.7. The Hall–Kier alpha value is -5.60. The molecule has 0 unspecified atom stereocenters. The standard InChI is InChI=1S/C41H25NO/c1-2-12-27-23-28(22-21-26(27)11-1)42-37-19-9-5-15-31(37)32-24-36-40(25-38(32)42)43-39-20-10-8-18-35(39)41(36)33-16-6-3-13-29(33)30-14-4-7-17-34(30)41/h1-25H. The third-order valence-electron chi connectivity index (χ3n) is 9.63. The number of aromatic nitrogens is 1. The van der Waals surface area contributed by atoms with Crippen LogP contribution in [0.2, 0.25) is 0 Å². The second kappa shape index (κ2) is 8.24. The number of ether oxygens (including phenoxy) is 1. The quantitative estimate of drug-likeness (QED) is 0.199. The molecule has 2 heterocycles. The van der Waals surface area contributed by atoms with Crippen LogP contribution < -0.4 is 4.74 Å². The average Bonchev–Trinajstić information content (AvgIpc) is 3.54. The van der Waals surface area contributed by atoms with Gasteiger partial charge in [0.15, 0.2) is 0 Å². The van der Waals surface area contributed by atoms with Crippen LogP contribution in [0, 0.1) is 0 Å². The van der Waals surface area contributed by atoms with Crippen molar-refractivity contribution in [3.8, 4) is 28.3 Å². The average molecular weight is 548 g/mol. The summed E-state index contributed by atoms with van der Waals surface area (Å²) in [5, 5.41) is 4.94. The number of nitrogens with zero attached hydrogens (tertiary/aromatic N) is 1. The van der Waals surface area contributed by atoms with E-state index < -0.39 is 5.41 Å². The molecule has 0 radical (unpaired) electrons. The summed E-state index contributed by atoms with van der Waals surface area (Å²) in [4.78, 5) is 0. The van der Waals surface area contributed by atoms with E-state index in [4.69, 9.17) is 4.74 Å². The highest BCUT2D eigenvalue weighted by molar-refractivity contribution is 6.11. The third kappa shape index (κ3) is 2.88. The summed E-state index contributed by atoms with van der Waals surface area (Å²) in [6, 6.07) is 55.2. The first kappa shape index (κ1) is 23.0. The second-order valence-electron chi connectivity index (χ2n) is 11.7. The van der Waals surface area contributed by atoms with E-state index in [1.807, 2.05) is 0 Å². The first-order valence-electron chi connectivity index (χ1n) is 14.9. The zero-order valence-corrected chi connectivity index (χ0v) is 23.3. The van der Waals surface area contributed by atoms with E-state index in [1.54, 1.807) is 0 Å². The third-order valence-corrected chi connectivity index (χ3v) is 9.63. The van der Waals surface area contributed by atoms with E-state index in [0.717, 1.165) is 22.7 Å². The Bertz CT molecular complexity index is 2400. The largest absolute Gasteiger partial charge is 0.457 e. The van der Waals surface area contributed by atoms with E-state index >= 15 is 0 Å². The van der Waals surface area contributed by atoms with E-state index in [0.29, 0.717) is 0 Å². The number of para-hydroxylation sites is 2. The summed E-state index contributed by atoms with van der Waals surface area (Å²) in [5.41, 5.74) is 10.6. The van der Waals surface area contributed by atoms with E-state index in [-0.39, 0.29) is 0 Å². The van der Waals surface area contributed by atoms with Crippen molar-refractivity contribution in [2.45, 2.75) is 5.41 Å². The molecule has 2 aliphatic rings. The molecule has 43 heavy (non-hydrogen) atoms. The lowest BCUT2D eigenvalue weighted by Crippen LogP contribution is -2.32. The SMILES string of the molecule is c1ccc2c(c1)Oc1cc3c(cc1C21c2ccccc2-c2ccccc21)c1ccccc1n3-c1ccc2ccccc2c1. The molecule has 1 aliphatic carbocycles. The molecular weight excluding hydrogens is 522 g/mol. The van der Waals surface area contributed by atoms with Crippen LogP contribution in [0.25, 0.3) is 49.4 Å². The van der Waals surface area contributed by atoms with Crippen LogP contribution >= 0.6 is 0 Å². The van der Waals surface area contributed by atoms with Crippen molar-refractivity contribution >= 4 is 32.6 Å². The molecule has 0 atom stereocenters. The van der Waals surface area contributed by atoms with Crippen LogP contribution in [0.3, 0.4) is 0 Å². The maximum atomic E-state index is 6.85. The van der Waals surface area contributed by atoms with E-state index in [2.05, 4.69) is 156 Å². The Balaban J connectivity index is 1.35. The lowest BCUT2D eigenvalue weighted by molar-refractivity contribution is 0.437. The van der Waals surface area contributed by atoms with Crippen molar-refractivity contribution in [1.29, 1.82) is 0 Å². The molecule has 0 saturated heterocycles. The van der Waals surface area contributed by atoms with Gasteiger partial charge in [-0.1, -0.05) is 115 Å². The van der Waals surface area contributed by atoms with Crippen LogP contribution in [0.4, 0.5) is 0 Å². The fourth-order valence-electron chi connectivity index (χ4n) is 7.91. The maximum absolute atomic E-state index is 6.85. The van der Waals surface area contributed by atoms with Crippen LogP contribution in [0.15, 0.2) is 152 Å². The zero-order valence-electron chi connectivity index (χ0n) is 23.3. The number of hydrogen-bond acceptors (Lipinski definition) is 1. The summed E-state index contributed by atoms with van der Waals surface area (Å²) < 4.78 is 9.24. The summed E-state index contributed by atoms with van der Waals surface area (Å²) in [6.07, 6.45) is 0. The first-order chi connectivity index (χ1) is 21.3. The molecule has 2 heteroatoms. The molecular formula is C41H25NO. The van der Waals surface area contributed by atoms with Crippen molar-refractivity contribution in [3.05, 3.63) is 174 Å². The van der Waals surface area contributed by atoms with Crippen LogP contribution in [-0.2, 0) is 5.41 Å². The fraction of sp³-hybridized carbons (Fsp3) is 0.0244. The molecule has 7 aromatic carbocycles. The molecule has 1 aliphatic heterocycles. The molecule has 10 rings (SSSR count). The number of hydrogen-bond donors (Lipinski definition) is 0. The molecule has 0 bridgehead atoms. The summed E-state index contributed by atoms with van der Waals surface area (Å²) in [7, 11) is 0. The Morgan fingerprint density at radius 1 is 0.419 bits per heavy atom. The van der Waals surface area contributed by atoms with Gasteiger partial charge in [0, 0.05) is 33.7 Å². The van der Waals surface area contributed by atoms with Crippen LogP contribution in [0.1, 0.15) is 22.3 Å².